The molecule has 110 valence electrons. The van der Waals surface area contributed by atoms with Crippen LogP contribution in [0.25, 0.3) is 0 Å². The van der Waals surface area contributed by atoms with Crippen LogP contribution < -0.4 is 10.1 Å². The van der Waals surface area contributed by atoms with Crippen LogP contribution in [0.1, 0.15) is 27.7 Å². The predicted octanol–water partition coefficient (Wildman–Crippen LogP) is 3.70. The molecule has 1 aromatic carbocycles. The average Bonchev–Trinajstić information content (AvgIpc) is 2.76. The number of nitro benzene ring substituents is 1. The summed E-state index contributed by atoms with van der Waals surface area (Å²) in [4.78, 5) is 10.7. The highest BCUT2D eigenvalue weighted by Crippen LogP contribution is 2.68. The summed E-state index contributed by atoms with van der Waals surface area (Å²) in [6, 6.07) is 4.76. The second-order valence-corrected chi connectivity index (χ2v) is 6.52. The van der Waals surface area contributed by atoms with Crippen LogP contribution in [0.3, 0.4) is 0 Å². The number of hydrogen-bond acceptors (Lipinski definition) is 4. The zero-order valence-electron chi connectivity index (χ0n) is 12.7. The van der Waals surface area contributed by atoms with Crippen LogP contribution in [0, 0.1) is 26.9 Å². The van der Waals surface area contributed by atoms with E-state index in [1.165, 1.54) is 6.07 Å². The lowest BCUT2D eigenvalue weighted by Gasteiger charge is -2.10. The molecule has 1 aliphatic rings. The van der Waals surface area contributed by atoms with Crippen LogP contribution >= 0.6 is 0 Å². The van der Waals surface area contributed by atoms with Gasteiger partial charge in [-0.15, -0.1) is 0 Å². The Labute approximate surface area is 119 Å². The quantitative estimate of drug-likeness (QED) is 0.659. The summed E-state index contributed by atoms with van der Waals surface area (Å²) in [6.07, 6.45) is 0. The molecule has 1 aromatic rings. The third-order valence-electron chi connectivity index (χ3n) is 5.22. The zero-order valence-corrected chi connectivity index (χ0v) is 12.7. The van der Waals surface area contributed by atoms with E-state index in [9.17, 15) is 10.1 Å². The van der Waals surface area contributed by atoms with E-state index in [1.807, 2.05) is 0 Å². The number of benzene rings is 1. The summed E-state index contributed by atoms with van der Waals surface area (Å²) < 4.78 is 5.13. The standard InChI is InChI=1S/C15H22N2O3/c1-14(2)13(15(14,3)4)9-16-11-8-10(20-5)6-7-12(11)17(18)19/h6-8,13,16H,9H2,1-5H3. The first-order valence-electron chi connectivity index (χ1n) is 6.78. The van der Waals surface area contributed by atoms with E-state index in [0.717, 1.165) is 6.54 Å². The van der Waals surface area contributed by atoms with Crippen molar-refractivity contribution in [3.8, 4) is 5.75 Å². The Balaban J connectivity index is 2.15. The largest absolute Gasteiger partial charge is 0.497 e. The minimum absolute atomic E-state index is 0.0852. The molecule has 1 saturated carbocycles. The van der Waals surface area contributed by atoms with Gasteiger partial charge in [-0.3, -0.25) is 10.1 Å². The van der Waals surface area contributed by atoms with E-state index in [0.29, 0.717) is 17.4 Å². The Kier molecular flexibility index (Phi) is 3.40. The second-order valence-electron chi connectivity index (χ2n) is 6.52. The summed E-state index contributed by atoms with van der Waals surface area (Å²) in [6.45, 7) is 9.67. The fraction of sp³-hybridized carbons (Fsp3) is 0.600. The molecule has 1 aliphatic carbocycles. The molecule has 1 N–H and O–H groups in total. The Morgan fingerprint density at radius 3 is 2.35 bits per heavy atom. The predicted molar refractivity (Wildman–Crippen MR) is 79.2 cm³/mol. The van der Waals surface area contributed by atoms with Gasteiger partial charge in [0.1, 0.15) is 11.4 Å². The smallest absolute Gasteiger partial charge is 0.292 e. The van der Waals surface area contributed by atoms with Gasteiger partial charge in [-0.25, -0.2) is 0 Å². The molecule has 0 amide bonds. The Hall–Kier alpha value is -1.78. The van der Waals surface area contributed by atoms with Crippen LogP contribution in [0.2, 0.25) is 0 Å². The SMILES string of the molecule is COc1ccc([N+](=O)[O-])c(NCC2C(C)(C)C2(C)C)c1. The first kappa shape index (κ1) is 14.6. The lowest BCUT2D eigenvalue weighted by molar-refractivity contribution is -0.384. The number of nitrogens with one attached hydrogen (secondary N) is 1. The monoisotopic (exact) mass is 278 g/mol. The van der Waals surface area contributed by atoms with E-state index < -0.39 is 0 Å². The summed E-state index contributed by atoms with van der Waals surface area (Å²) in [5, 5.41) is 14.3. The molecular formula is C15H22N2O3. The maximum Gasteiger partial charge on any atom is 0.292 e. The van der Waals surface area contributed by atoms with Crippen molar-refractivity contribution in [1.29, 1.82) is 0 Å². The van der Waals surface area contributed by atoms with E-state index >= 15 is 0 Å². The molecule has 2 rings (SSSR count). The topological polar surface area (TPSA) is 64.4 Å². The van der Waals surface area contributed by atoms with Gasteiger partial charge in [0.2, 0.25) is 0 Å². The average molecular weight is 278 g/mol. The first-order chi connectivity index (χ1) is 9.21. The lowest BCUT2D eigenvalue weighted by Crippen LogP contribution is -2.09. The zero-order chi connectivity index (χ0) is 15.1. The van der Waals surface area contributed by atoms with Crippen molar-refractivity contribution in [3.05, 3.63) is 28.3 Å². The highest BCUT2D eigenvalue weighted by Gasteiger charge is 2.64. The summed E-state index contributed by atoms with van der Waals surface area (Å²) >= 11 is 0. The van der Waals surface area contributed by atoms with Crippen LogP contribution in [-0.2, 0) is 0 Å². The molecule has 0 aliphatic heterocycles. The van der Waals surface area contributed by atoms with Crippen LogP contribution in [0.15, 0.2) is 18.2 Å². The molecule has 0 spiro atoms. The normalized spacial score (nSPS) is 19.4. The Bertz CT molecular complexity index is 524. The number of anilines is 1. The molecule has 5 nitrogen and oxygen atoms in total. The maximum atomic E-state index is 11.1. The Morgan fingerprint density at radius 1 is 1.30 bits per heavy atom. The third kappa shape index (κ3) is 2.21. The molecule has 1 fully saturated rings. The highest BCUT2D eigenvalue weighted by molar-refractivity contribution is 5.64. The van der Waals surface area contributed by atoms with Crippen molar-refractivity contribution in [2.75, 3.05) is 19.0 Å². The van der Waals surface area contributed by atoms with Gasteiger partial charge in [-0.05, 0) is 22.8 Å². The van der Waals surface area contributed by atoms with Crippen LogP contribution in [0.4, 0.5) is 11.4 Å². The molecule has 0 heterocycles. The molecule has 0 bridgehead atoms. The molecule has 0 atom stereocenters. The summed E-state index contributed by atoms with van der Waals surface area (Å²) in [5.74, 6) is 1.12. The van der Waals surface area contributed by atoms with Crippen molar-refractivity contribution in [2.45, 2.75) is 27.7 Å². The minimum atomic E-state index is -0.370. The van der Waals surface area contributed by atoms with E-state index in [1.54, 1.807) is 19.2 Å². The first-order valence-corrected chi connectivity index (χ1v) is 6.78. The van der Waals surface area contributed by atoms with Gasteiger partial charge >= 0.3 is 0 Å². The lowest BCUT2D eigenvalue weighted by atomic mass is 10.0. The second kappa shape index (κ2) is 4.65. The van der Waals surface area contributed by atoms with Crippen LogP contribution in [-0.4, -0.2) is 18.6 Å². The van der Waals surface area contributed by atoms with Gasteiger partial charge in [0, 0.05) is 18.7 Å². The third-order valence-corrected chi connectivity index (χ3v) is 5.22. The van der Waals surface area contributed by atoms with Gasteiger partial charge in [-0.1, -0.05) is 27.7 Å². The number of rotatable bonds is 5. The molecular weight excluding hydrogens is 256 g/mol. The molecule has 0 unspecified atom stereocenters. The van der Waals surface area contributed by atoms with E-state index in [4.69, 9.17) is 4.74 Å². The van der Waals surface area contributed by atoms with Gasteiger partial charge in [0.25, 0.3) is 5.69 Å². The van der Waals surface area contributed by atoms with Gasteiger partial charge in [0.15, 0.2) is 0 Å². The number of ether oxygens (including phenoxy) is 1. The van der Waals surface area contributed by atoms with Crippen molar-refractivity contribution in [2.24, 2.45) is 16.7 Å². The molecule has 5 heteroatoms. The van der Waals surface area contributed by atoms with E-state index in [2.05, 4.69) is 33.0 Å². The van der Waals surface area contributed by atoms with Crippen molar-refractivity contribution < 1.29 is 9.66 Å². The molecule has 0 saturated heterocycles. The number of nitrogens with zero attached hydrogens (tertiary/aromatic N) is 1. The number of nitro groups is 1. The van der Waals surface area contributed by atoms with Gasteiger partial charge in [-0.2, -0.15) is 0 Å². The summed E-state index contributed by atoms with van der Waals surface area (Å²) in [7, 11) is 1.55. The maximum absolute atomic E-state index is 11.1. The van der Waals surface area contributed by atoms with Crippen molar-refractivity contribution in [3.63, 3.8) is 0 Å². The molecule has 0 radical (unpaired) electrons. The fourth-order valence-electron chi connectivity index (χ4n) is 3.00. The molecule has 0 aromatic heterocycles. The minimum Gasteiger partial charge on any atom is -0.497 e. The van der Waals surface area contributed by atoms with E-state index in [-0.39, 0.29) is 21.4 Å². The van der Waals surface area contributed by atoms with Crippen LogP contribution in [0.5, 0.6) is 5.75 Å². The fourth-order valence-corrected chi connectivity index (χ4v) is 3.00. The summed E-state index contributed by atoms with van der Waals surface area (Å²) in [5.41, 5.74) is 1.12. The Morgan fingerprint density at radius 2 is 1.90 bits per heavy atom. The highest BCUT2D eigenvalue weighted by atomic mass is 16.6. The van der Waals surface area contributed by atoms with Gasteiger partial charge < -0.3 is 10.1 Å². The van der Waals surface area contributed by atoms with Crippen molar-refractivity contribution >= 4 is 11.4 Å². The molecule has 20 heavy (non-hydrogen) atoms. The van der Waals surface area contributed by atoms with Crippen molar-refractivity contribution in [1.82, 2.24) is 0 Å². The number of methoxy groups -OCH3 is 1. The number of hydrogen-bond donors (Lipinski definition) is 1. The van der Waals surface area contributed by atoms with Gasteiger partial charge in [0.05, 0.1) is 12.0 Å².